The fraction of sp³-hybridized carbons (Fsp3) is 0.227. The fourth-order valence-corrected chi connectivity index (χ4v) is 3.12. The normalized spacial score (nSPS) is 13.4. The summed E-state index contributed by atoms with van der Waals surface area (Å²) in [7, 11) is 1.02. The molecule has 2 rings (SSSR count). The number of nitro benzene ring substituents is 1. The van der Waals surface area contributed by atoms with Crippen molar-refractivity contribution in [1.29, 1.82) is 0 Å². The number of non-ortho nitro benzene ring substituents is 1. The van der Waals surface area contributed by atoms with Gasteiger partial charge < -0.3 is 9.47 Å². The third-order valence-electron chi connectivity index (χ3n) is 4.55. The van der Waals surface area contributed by atoms with E-state index >= 15 is 4.39 Å². The van der Waals surface area contributed by atoms with Crippen molar-refractivity contribution in [2.45, 2.75) is 18.5 Å². The van der Waals surface area contributed by atoms with Crippen molar-refractivity contribution in [3.8, 4) is 0 Å². The molecule has 0 spiro atoms. The molecule has 0 radical (unpaired) electrons. The molecule has 0 heterocycles. The van der Waals surface area contributed by atoms with Crippen molar-refractivity contribution >= 4 is 23.4 Å². The average Bonchev–Trinajstić information content (AvgIpc) is 2.78. The van der Waals surface area contributed by atoms with Crippen molar-refractivity contribution in [3.05, 3.63) is 88.0 Å². The topological polar surface area (TPSA) is 113 Å². The third kappa shape index (κ3) is 4.66. The Morgan fingerprint density at radius 2 is 1.81 bits per heavy atom. The summed E-state index contributed by atoms with van der Waals surface area (Å²) in [5.41, 5.74) is -4.81. The van der Waals surface area contributed by atoms with E-state index in [2.05, 4.69) is 11.3 Å². The highest BCUT2D eigenvalue weighted by Crippen LogP contribution is 2.42. The van der Waals surface area contributed by atoms with Crippen LogP contribution in [-0.2, 0) is 19.1 Å². The Hall–Kier alpha value is -3.88. The molecule has 0 aliphatic carbocycles. The maximum absolute atomic E-state index is 16.6. The number of halogens is 1. The third-order valence-corrected chi connectivity index (χ3v) is 4.55. The molecule has 0 fully saturated rings. The number of ether oxygens (including phenoxy) is 2. The number of ketones is 1. The molecule has 0 saturated heterocycles. The van der Waals surface area contributed by atoms with Crippen LogP contribution in [0.4, 0.5) is 10.1 Å². The number of nitro groups is 1. The smallest absolute Gasteiger partial charge is 0.353 e. The summed E-state index contributed by atoms with van der Waals surface area (Å²) in [5.74, 6) is -5.87. The fourth-order valence-electron chi connectivity index (χ4n) is 3.12. The number of nitrogens with zero attached hydrogens (tertiary/aromatic N) is 1. The molecule has 8 nitrogen and oxygen atoms in total. The predicted molar refractivity (Wildman–Crippen MR) is 108 cm³/mol. The molecule has 0 amide bonds. The van der Waals surface area contributed by atoms with Crippen LogP contribution in [-0.4, -0.2) is 42.0 Å². The number of carbonyl (C=O) groups is 3. The number of benzene rings is 2. The quantitative estimate of drug-likeness (QED) is 0.150. The monoisotopic (exact) mass is 429 g/mol. The summed E-state index contributed by atoms with van der Waals surface area (Å²) in [5, 5.41) is 11.2. The van der Waals surface area contributed by atoms with E-state index in [1.165, 1.54) is 43.3 Å². The number of esters is 2. The highest BCUT2D eigenvalue weighted by atomic mass is 19.1. The van der Waals surface area contributed by atoms with Gasteiger partial charge in [0.2, 0.25) is 5.78 Å². The first-order valence-electron chi connectivity index (χ1n) is 9.15. The molecule has 2 unspecified atom stereocenters. The number of rotatable bonds is 9. The summed E-state index contributed by atoms with van der Waals surface area (Å²) in [6, 6.07) is 11.7. The maximum atomic E-state index is 16.6. The molecular weight excluding hydrogens is 409 g/mol. The molecule has 2 aromatic rings. The number of methoxy groups -OCH3 is 1. The Morgan fingerprint density at radius 1 is 1.16 bits per heavy atom. The lowest BCUT2D eigenvalue weighted by molar-refractivity contribution is -0.384. The minimum atomic E-state index is -3.45. The molecule has 2 aromatic carbocycles. The van der Waals surface area contributed by atoms with E-state index in [1.54, 1.807) is 6.07 Å². The molecule has 31 heavy (non-hydrogen) atoms. The van der Waals surface area contributed by atoms with Crippen LogP contribution in [0.25, 0.3) is 0 Å². The van der Waals surface area contributed by atoms with Gasteiger partial charge in [-0.05, 0) is 12.5 Å². The van der Waals surface area contributed by atoms with E-state index in [4.69, 9.17) is 4.74 Å². The molecule has 2 atom stereocenters. The van der Waals surface area contributed by atoms with E-state index in [0.29, 0.717) is 0 Å². The number of Topliss-reactive ketones (excluding diaryl/α,β-unsaturated/α-hetero) is 1. The van der Waals surface area contributed by atoms with Gasteiger partial charge in [0.15, 0.2) is 0 Å². The number of alkyl halides is 1. The molecule has 0 aliphatic rings. The Kier molecular flexibility index (Phi) is 7.36. The lowest BCUT2D eigenvalue weighted by Crippen LogP contribution is -2.50. The first kappa shape index (κ1) is 23.4. The Morgan fingerprint density at radius 3 is 2.35 bits per heavy atom. The largest absolute Gasteiger partial charge is 0.466 e. The molecule has 0 saturated carbocycles. The van der Waals surface area contributed by atoms with E-state index in [0.717, 1.165) is 19.2 Å². The molecule has 9 heteroatoms. The number of hydrogen-bond donors (Lipinski definition) is 0. The van der Waals surface area contributed by atoms with E-state index in [-0.39, 0.29) is 17.7 Å². The van der Waals surface area contributed by atoms with Crippen molar-refractivity contribution in [2.75, 3.05) is 13.7 Å². The standard InChI is InChI=1S/C22H20FNO7/c1-4-31-21(27)22(23,19(25)15-9-6-5-7-10-15)18(14(2)20(26)30-3)16-11-8-12-17(13-16)24(28)29/h5-13,18H,2,4H2,1,3H3. The van der Waals surface area contributed by atoms with Gasteiger partial charge in [-0.3, -0.25) is 14.9 Å². The minimum Gasteiger partial charge on any atom is -0.466 e. The molecule has 162 valence electrons. The van der Waals surface area contributed by atoms with Crippen LogP contribution in [0.3, 0.4) is 0 Å². The van der Waals surface area contributed by atoms with Crippen molar-refractivity contribution < 1.29 is 33.2 Å². The summed E-state index contributed by atoms with van der Waals surface area (Å²) >= 11 is 0. The zero-order valence-corrected chi connectivity index (χ0v) is 16.9. The Labute approximate surface area is 177 Å². The number of carbonyl (C=O) groups excluding carboxylic acids is 3. The zero-order valence-electron chi connectivity index (χ0n) is 16.9. The van der Waals surface area contributed by atoms with Crippen molar-refractivity contribution in [2.24, 2.45) is 0 Å². The number of hydrogen-bond acceptors (Lipinski definition) is 7. The van der Waals surface area contributed by atoms with Crippen LogP contribution in [0.5, 0.6) is 0 Å². The average molecular weight is 429 g/mol. The highest BCUT2D eigenvalue weighted by Gasteiger charge is 2.57. The van der Waals surface area contributed by atoms with Crippen LogP contribution in [0, 0.1) is 10.1 Å². The van der Waals surface area contributed by atoms with Crippen molar-refractivity contribution in [1.82, 2.24) is 0 Å². The van der Waals surface area contributed by atoms with Gasteiger partial charge in [0.05, 0.1) is 24.6 Å². The second kappa shape index (κ2) is 9.75. The second-order valence-corrected chi connectivity index (χ2v) is 6.43. The van der Waals surface area contributed by atoms with Crippen LogP contribution < -0.4 is 0 Å². The molecule has 0 bridgehead atoms. The van der Waals surface area contributed by atoms with E-state index in [9.17, 15) is 24.5 Å². The van der Waals surface area contributed by atoms with E-state index < -0.39 is 45.5 Å². The Balaban J connectivity index is 2.80. The first-order chi connectivity index (χ1) is 14.7. The van der Waals surface area contributed by atoms with Gasteiger partial charge in [-0.1, -0.05) is 49.0 Å². The van der Waals surface area contributed by atoms with Crippen molar-refractivity contribution in [3.63, 3.8) is 0 Å². The van der Waals surface area contributed by atoms with E-state index in [1.807, 2.05) is 0 Å². The van der Waals surface area contributed by atoms with Gasteiger partial charge in [0.1, 0.15) is 0 Å². The maximum Gasteiger partial charge on any atom is 0.353 e. The molecule has 0 N–H and O–H groups in total. The van der Waals surface area contributed by atoms with Gasteiger partial charge >= 0.3 is 11.9 Å². The summed E-state index contributed by atoms with van der Waals surface area (Å²) in [6.45, 7) is 4.69. The van der Waals surface area contributed by atoms with Gasteiger partial charge in [-0.2, -0.15) is 0 Å². The summed E-state index contributed by atoms with van der Waals surface area (Å²) in [6.07, 6.45) is 0. The zero-order chi connectivity index (χ0) is 23.2. The van der Waals surface area contributed by atoms with Gasteiger partial charge in [-0.25, -0.2) is 14.0 Å². The lowest BCUT2D eigenvalue weighted by atomic mass is 9.74. The molecular formula is C22H20FNO7. The first-order valence-corrected chi connectivity index (χ1v) is 9.15. The van der Waals surface area contributed by atoms with Crippen LogP contribution >= 0.6 is 0 Å². The van der Waals surface area contributed by atoms with Gasteiger partial charge in [-0.15, -0.1) is 0 Å². The molecule has 0 aliphatic heterocycles. The summed E-state index contributed by atoms with van der Waals surface area (Å²) < 4.78 is 26.1. The predicted octanol–water partition coefficient (Wildman–Crippen LogP) is 3.56. The molecule has 0 aromatic heterocycles. The highest BCUT2D eigenvalue weighted by molar-refractivity contribution is 6.17. The lowest BCUT2D eigenvalue weighted by Gasteiger charge is -2.31. The van der Waals surface area contributed by atoms with Crippen LogP contribution in [0.1, 0.15) is 28.8 Å². The van der Waals surface area contributed by atoms with Gasteiger partial charge in [0, 0.05) is 23.3 Å². The second-order valence-electron chi connectivity index (χ2n) is 6.43. The summed E-state index contributed by atoms with van der Waals surface area (Å²) in [4.78, 5) is 48.7. The minimum absolute atomic E-state index is 0.161. The van der Waals surface area contributed by atoms with Crippen LogP contribution in [0.2, 0.25) is 0 Å². The van der Waals surface area contributed by atoms with Crippen LogP contribution in [0.15, 0.2) is 66.7 Å². The van der Waals surface area contributed by atoms with Gasteiger partial charge in [0.25, 0.3) is 11.4 Å². The SMILES string of the molecule is C=C(C(=O)OC)C(c1cccc([N+](=O)[O-])c1)C(F)(C(=O)OCC)C(=O)c1ccccc1. The Bertz CT molecular complexity index is 1020.